The Morgan fingerprint density at radius 1 is 0.478 bits per heavy atom. The van der Waals surface area contributed by atoms with E-state index in [1.807, 2.05) is 0 Å². The van der Waals surface area contributed by atoms with Crippen LogP contribution in [0.1, 0.15) is 70.6 Å². The molecule has 1 rings (SSSR count). The maximum Gasteiger partial charge on any atom is 0.220 e. The van der Waals surface area contributed by atoms with Gasteiger partial charge in [0.1, 0.15) is 23.1 Å². The molecule has 1 fully saturated rings. The third-order valence-corrected chi connectivity index (χ3v) is 3.86. The highest BCUT2D eigenvalue weighted by Gasteiger charge is 2.12. The van der Waals surface area contributed by atoms with Gasteiger partial charge in [-0.05, 0) is 12.8 Å². The van der Waals surface area contributed by atoms with Crippen LogP contribution in [0.5, 0.6) is 0 Å². The smallest absolute Gasteiger partial charge is 0.220 e. The van der Waals surface area contributed by atoms with Gasteiger partial charge < -0.3 is 5.32 Å². The highest BCUT2D eigenvalue weighted by Crippen LogP contribution is 2.08. The molecule has 1 heterocycles. The quantitative estimate of drug-likeness (QED) is 0.731. The van der Waals surface area contributed by atoms with Crippen molar-refractivity contribution >= 4 is 29.0 Å². The average Bonchev–Trinajstić information content (AvgIpc) is 2.52. The summed E-state index contributed by atoms with van der Waals surface area (Å²) in [5, 5.41) is 2.68. The summed E-state index contributed by atoms with van der Waals surface area (Å²) < 4.78 is 0. The molecule has 0 bridgehead atoms. The SMILES string of the molecule is O=C1CCCNC(=O)CCC(=O)CCC(=O)CCC(=O)CCC1. The van der Waals surface area contributed by atoms with Crippen LogP contribution in [0, 0.1) is 0 Å². The second kappa shape index (κ2) is 10.8. The van der Waals surface area contributed by atoms with Crippen molar-refractivity contribution in [2.24, 2.45) is 0 Å². The van der Waals surface area contributed by atoms with Crippen molar-refractivity contribution in [1.82, 2.24) is 5.32 Å². The number of nitrogens with one attached hydrogen (secondary N) is 1. The summed E-state index contributed by atoms with van der Waals surface area (Å²) in [5.74, 6) is -0.349. The van der Waals surface area contributed by atoms with E-state index < -0.39 is 0 Å². The molecule has 0 aromatic heterocycles. The monoisotopic (exact) mass is 323 g/mol. The molecule has 6 nitrogen and oxygen atoms in total. The van der Waals surface area contributed by atoms with Crippen molar-refractivity contribution < 1.29 is 24.0 Å². The maximum absolute atomic E-state index is 11.7. The number of carbonyl (C=O) groups excluding carboxylic acids is 5. The minimum Gasteiger partial charge on any atom is -0.356 e. The molecule has 0 spiro atoms. The first-order chi connectivity index (χ1) is 11.0. The van der Waals surface area contributed by atoms with Crippen molar-refractivity contribution in [1.29, 1.82) is 0 Å². The van der Waals surface area contributed by atoms with E-state index in [0.29, 0.717) is 38.6 Å². The van der Waals surface area contributed by atoms with Crippen LogP contribution in [0.2, 0.25) is 0 Å². The summed E-state index contributed by atoms with van der Waals surface area (Å²) in [5.41, 5.74) is 0. The molecule has 128 valence electrons. The molecule has 0 atom stereocenters. The van der Waals surface area contributed by atoms with Gasteiger partial charge in [-0.2, -0.15) is 0 Å². The first kappa shape index (κ1) is 19.2. The number of carbonyl (C=O) groups is 5. The van der Waals surface area contributed by atoms with Crippen LogP contribution < -0.4 is 5.32 Å². The molecule has 0 aromatic carbocycles. The zero-order chi connectivity index (χ0) is 17.1. The van der Waals surface area contributed by atoms with Gasteiger partial charge in [0, 0.05) is 64.3 Å². The van der Waals surface area contributed by atoms with E-state index in [1.165, 1.54) is 0 Å². The molecule has 6 heteroatoms. The van der Waals surface area contributed by atoms with Gasteiger partial charge in [0.15, 0.2) is 0 Å². The summed E-state index contributed by atoms with van der Waals surface area (Å²) in [6.45, 7) is 0.413. The zero-order valence-electron chi connectivity index (χ0n) is 13.5. The van der Waals surface area contributed by atoms with Crippen LogP contribution in [0.4, 0.5) is 0 Å². The van der Waals surface area contributed by atoms with Crippen molar-refractivity contribution in [3.63, 3.8) is 0 Å². The van der Waals surface area contributed by atoms with E-state index >= 15 is 0 Å². The van der Waals surface area contributed by atoms with Crippen molar-refractivity contribution in [3.05, 3.63) is 0 Å². The summed E-state index contributed by atoms with van der Waals surface area (Å²) in [6, 6.07) is 0. The van der Waals surface area contributed by atoms with Crippen molar-refractivity contribution in [2.75, 3.05) is 6.54 Å². The predicted molar refractivity (Wildman–Crippen MR) is 83.8 cm³/mol. The highest BCUT2D eigenvalue weighted by atomic mass is 16.2. The van der Waals surface area contributed by atoms with E-state index in [9.17, 15) is 24.0 Å². The van der Waals surface area contributed by atoms with Crippen molar-refractivity contribution in [3.8, 4) is 0 Å². The Kier molecular flexibility index (Phi) is 9.02. The molecule has 1 aliphatic rings. The minimum atomic E-state index is -0.205. The Morgan fingerprint density at radius 2 is 0.870 bits per heavy atom. The standard InChI is InChI=1S/C17H25NO5/c19-13-3-1-4-14(20)6-7-15(21)8-9-16(22)10-11-17(23)18-12-2-5-13/h1-12H2,(H,18,23). The highest BCUT2D eigenvalue weighted by molar-refractivity contribution is 5.90. The minimum absolute atomic E-state index is 0.00847. The third-order valence-electron chi connectivity index (χ3n) is 3.86. The molecule has 1 N–H and O–H groups in total. The third kappa shape index (κ3) is 9.71. The molecular weight excluding hydrogens is 298 g/mol. The van der Waals surface area contributed by atoms with Gasteiger partial charge in [-0.25, -0.2) is 0 Å². The number of Topliss-reactive ketones (excluding diaryl/α,β-unsaturated/α-hetero) is 4. The number of ketones is 4. The Balaban J connectivity index is 2.48. The van der Waals surface area contributed by atoms with Gasteiger partial charge in [-0.1, -0.05) is 0 Å². The lowest BCUT2D eigenvalue weighted by molar-refractivity contribution is -0.127. The average molecular weight is 323 g/mol. The van der Waals surface area contributed by atoms with E-state index in [4.69, 9.17) is 0 Å². The lowest BCUT2D eigenvalue weighted by Gasteiger charge is -2.06. The molecule has 0 aliphatic carbocycles. The van der Waals surface area contributed by atoms with Gasteiger partial charge in [-0.15, -0.1) is 0 Å². The first-order valence-corrected chi connectivity index (χ1v) is 8.31. The number of amides is 1. The van der Waals surface area contributed by atoms with Crippen LogP contribution >= 0.6 is 0 Å². The Morgan fingerprint density at radius 3 is 1.43 bits per heavy atom. The van der Waals surface area contributed by atoms with E-state index in [2.05, 4.69) is 5.32 Å². The number of hydrogen-bond acceptors (Lipinski definition) is 5. The largest absolute Gasteiger partial charge is 0.356 e. The second-order valence-corrected chi connectivity index (χ2v) is 5.96. The van der Waals surface area contributed by atoms with Crippen LogP contribution in [0.15, 0.2) is 0 Å². The lowest BCUT2D eigenvalue weighted by Crippen LogP contribution is -2.25. The zero-order valence-corrected chi connectivity index (χ0v) is 13.5. The Labute approximate surface area is 136 Å². The molecule has 0 unspecified atom stereocenters. The fourth-order valence-electron chi connectivity index (χ4n) is 2.40. The molecule has 0 saturated carbocycles. The normalized spacial score (nSPS) is 21.5. The summed E-state index contributed by atoms with van der Waals surface area (Å²) in [4.78, 5) is 58.1. The molecule has 1 amide bonds. The molecule has 1 aliphatic heterocycles. The molecule has 0 aromatic rings. The van der Waals surface area contributed by atoms with Gasteiger partial charge in [0.2, 0.25) is 5.91 Å². The van der Waals surface area contributed by atoms with Gasteiger partial charge >= 0.3 is 0 Å². The Bertz CT molecular complexity index is 470. The maximum atomic E-state index is 11.7. The Hall–Kier alpha value is -1.85. The number of hydrogen-bond donors (Lipinski definition) is 1. The molecular formula is C17H25NO5. The summed E-state index contributed by atoms with van der Waals surface area (Å²) >= 11 is 0. The van der Waals surface area contributed by atoms with E-state index in [0.717, 1.165) is 0 Å². The van der Waals surface area contributed by atoms with E-state index in [1.54, 1.807) is 0 Å². The van der Waals surface area contributed by atoms with Gasteiger partial charge in [0.25, 0.3) is 0 Å². The molecule has 1 saturated heterocycles. The van der Waals surface area contributed by atoms with Crippen LogP contribution in [-0.2, 0) is 24.0 Å². The fourth-order valence-corrected chi connectivity index (χ4v) is 2.40. The van der Waals surface area contributed by atoms with Crippen LogP contribution in [0.3, 0.4) is 0 Å². The van der Waals surface area contributed by atoms with Gasteiger partial charge in [-0.3, -0.25) is 24.0 Å². The predicted octanol–water partition coefficient (Wildman–Crippen LogP) is 1.68. The van der Waals surface area contributed by atoms with Crippen LogP contribution in [-0.4, -0.2) is 35.6 Å². The van der Waals surface area contributed by atoms with E-state index in [-0.39, 0.29) is 67.6 Å². The molecule has 0 radical (unpaired) electrons. The fraction of sp³-hybridized carbons (Fsp3) is 0.706. The first-order valence-electron chi connectivity index (χ1n) is 8.31. The van der Waals surface area contributed by atoms with Crippen molar-refractivity contribution in [2.45, 2.75) is 70.6 Å². The molecule has 23 heavy (non-hydrogen) atoms. The number of rotatable bonds is 0. The second-order valence-electron chi connectivity index (χ2n) is 5.96. The van der Waals surface area contributed by atoms with Gasteiger partial charge in [0.05, 0.1) is 0 Å². The lowest BCUT2D eigenvalue weighted by atomic mass is 10.0. The topological polar surface area (TPSA) is 97.4 Å². The van der Waals surface area contributed by atoms with Crippen LogP contribution in [0.25, 0.3) is 0 Å². The summed E-state index contributed by atoms with van der Waals surface area (Å²) in [7, 11) is 0. The summed E-state index contributed by atoms with van der Waals surface area (Å²) in [6.07, 6.45) is 2.97.